The van der Waals surface area contributed by atoms with Crippen LogP contribution in [0.4, 0.5) is 10.1 Å². The number of anilines is 1. The summed E-state index contributed by atoms with van der Waals surface area (Å²) in [5.74, 6) is -1.83. The lowest BCUT2D eigenvalue weighted by Crippen LogP contribution is -2.39. The van der Waals surface area contributed by atoms with Crippen LogP contribution in [-0.4, -0.2) is 23.5 Å². The fourth-order valence-corrected chi connectivity index (χ4v) is 2.41. The molecule has 0 aliphatic carbocycles. The molecule has 4 nitrogen and oxygen atoms in total. The van der Waals surface area contributed by atoms with Gasteiger partial charge in [-0.25, -0.2) is 4.39 Å². The smallest absolute Gasteiger partial charge is 0.310 e. The van der Waals surface area contributed by atoms with Crippen LogP contribution in [0, 0.1) is 11.2 Å². The zero-order valence-corrected chi connectivity index (χ0v) is 12.7. The molecule has 0 radical (unpaired) electrons. The summed E-state index contributed by atoms with van der Waals surface area (Å²) in [6.45, 7) is 5.54. The Kier molecular flexibility index (Phi) is 5.88. The van der Waals surface area contributed by atoms with Gasteiger partial charge in [0.15, 0.2) is 0 Å². The number of hydrogen-bond acceptors (Lipinski definition) is 2. The molecule has 21 heavy (non-hydrogen) atoms. The van der Waals surface area contributed by atoms with Crippen molar-refractivity contribution in [3.05, 3.63) is 30.1 Å². The van der Waals surface area contributed by atoms with E-state index in [-0.39, 0.29) is 18.0 Å². The summed E-state index contributed by atoms with van der Waals surface area (Å²) < 4.78 is 13.8. The number of nitrogens with zero attached hydrogens (tertiary/aromatic N) is 1. The fourth-order valence-electron chi connectivity index (χ4n) is 2.41. The molecular formula is C16H22FNO3. The summed E-state index contributed by atoms with van der Waals surface area (Å²) in [4.78, 5) is 25.3. The van der Waals surface area contributed by atoms with E-state index in [1.165, 1.54) is 17.0 Å². The average Bonchev–Trinajstić information content (AvgIpc) is 2.47. The third kappa shape index (κ3) is 3.60. The Morgan fingerprint density at radius 1 is 1.19 bits per heavy atom. The average molecular weight is 295 g/mol. The van der Waals surface area contributed by atoms with Gasteiger partial charge in [-0.05, 0) is 31.9 Å². The Bertz CT molecular complexity index is 512. The number of carbonyl (C=O) groups excluding carboxylic acids is 1. The van der Waals surface area contributed by atoms with E-state index in [2.05, 4.69) is 0 Å². The normalized spacial score (nSPS) is 11.2. The lowest BCUT2D eigenvalue weighted by atomic mass is 9.79. The maximum atomic E-state index is 13.8. The minimum absolute atomic E-state index is 0.127. The lowest BCUT2D eigenvalue weighted by Gasteiger charge is -2.29. The Morgan fingerprint density at radius 2 is 1.76 bits per heavy atom. The van der Waals surface area contributed by atoms with Crippen LogP contribution in [0.15, 0.2) is 24.3 Å². The number of carbonyl (C=O) groups is 2. The third-order valence-corrected chi connectivity index (χ3v) is 4.06. The highest BCUT2D eigenvalue weighted by molar-refractivity contribution is 5.96. The maximum Gasteiger partial charge on any atom is 0.310 e. The molecule has 0 heterocycles. The van der Waals surface area contributed by atoms with Gasteiger partial charge in [0.05, 0.1) is 11.1 Å². The molecule has 0 aliphatic rings. The first kappa shape index (κ1) is 17.1. The van der Waals surface area contributed by atoms with Crippen LogP contribution in [0.2, 0.25) is 0 Å². The van der Waals surface area contributed by atoms with E-state index < -0.39 is 17.2 Å². The standard InChI is InChI=1S/C16H22FNO3/c1-4-16(5-2,15(20)21)11-14(19)18(6-3)13-10-8-7-9-12(13)17/h7-10H,4-6,11H2,1-3H3,(H,20,21). The first-order chi connectivity index (χ1) is 9.91. The number of aliphatic carboxylic acids is 1. The predicted molar refractivity (Wildman–Crippen MR) is 79.7 cm³/mol. The summed E-state index contributed by atoms with van der Waals surface area (Å²) in [5, 5.41) is 9.41. The molecule has 0 aromatic heterocycles. The fraction of sp³-hybridized carbons (Fsp3) is 0.500. The molecule has 0 fully saturated rings. The van der Waals surface area contributed by atoms with Gasteiger partial charge in [-0.1, -0.05) is 26.0 Å². The molecule has 0 unspecified atom stereocenters. The van der Waals surface area contributed by atoms with Gasteiger partial charge in [-0.15, -0.1) is 0 Å². The molecule has 1 amide bonds. The van der Waals surface area contributed by atoms with Crippen LogP contribution >= 0.6 is 0 Å². The second kappa shape index (κ2) is 7.20. The second-order valence-electron chi connectivity index (χ2n) is 5.06. The van der Waals surface area contributed by atoms with Gasteiger partial charge in [-0.3, -0.25) is 9.59 Å². The molecule has 1 rings (SSSR count). The number of hydrogen-bond donors (Lipinski definition) is 1. The maximum absolute atomic E-state index is 13.8. The van der Waals surface area contributed by atoms with E-state index >= 15 is 0 Å². The van der Waals surface area contributed by atoms with E-state index in [0.717, 1.165) is 0 Å². The molecule has 0 aliphatic heterocycles. The van der Waals surface area contributed by atoms with E-state index in [1.807, 2.05) is 0 Å². The lowest BCUT2D eigenvalue weighted by molar-refractivity contribution is -0.152. The number of halogens is 1. The Hall–Kier alpha value is -1.91. The molecule has 0 bridgehead atoms. The Labute approximate surface area is 124 Å². The van der Waals surface area contributed by atoms with Crippen molar-refractivity contribution >= 4 is 17.6 Å². The SMILES string of the molecule is CCN(C(=O)CC(CC)(CC)C(=O)O)c1ccccc1F. The molecular weight excluding hydrogens is 273 g/mol. The largest absolute Gasteiger partial charge is 0.481 e. The van der Waals surface area contributed by atoms with Crippen LogP contribution in [0.1, 0.15) is 40.0 Å². The first-order valence-electron chi connectivity index (χ1n) is 7.20. The van der Waals surface area contributed by atoms with Gasteiger partial charge < -0.3 is 10.0 Å². The van der Waals surface area contributed by atoms with Crippen molar-refractivity contribution in [3.8, 4) is 0 Å². The molecule has 1 aromatic carbocycles. The molecule has 0 atom stereocenters. The number of carboxylic acid groups (broad SMARTS) is 1. The van der Waals surface area contributed by atoms with E-state index in [0.29, 0.717) is 19.4 Å². The van der Waals surface area contributed by atoms with Crippen molar-refractivity contribution in [2.24, 2.45) is 5.41 Å². The molecule has 1 N–H and O–H groups in total. The number of para-hydroxylation sites is 1. The van der Waals surface area contributed by atoms with Gasteiger partial charge in [0.2, 0.25) is 5.91 Å². The molecule has 5 heteroatoms. The monoisotopic (exact) mass is 295 g/mol. The highest BCUT2D eigenvalue weighted by Crippen LogP contribution is 2.33. The topological polar surface area (TPSA) is 57.6 Å². The van der Waals surface area contributed by atoms with Gasteiger partial charge in [0.25, 0.3) is 0 Å². The molecule has 116 valence electrons. The highest BCUT2D eigenvalue weighted by Gasteiger charge is 2.38. The Morgan fingerprint density at radius 3 is 2.19 bits per heavy atom. The Balaban J connectivity index is 3.05. The summed E-state index contributed by atoms with van der Waals surface area (Å²) >= 11 is 0. The molecule has 0 saturated carbocycles. The van der Waals surface area contributed by atoms with Crippen molar-refractivity contribution < 1.29 is 19.1 Å². The van der Waals surface area contributed by atoms with E-state index in [4.69, 9.17) is 0 Å². The predicted octanol–water partition coefficient (Wildman–Crippen LogP) is 3.46. The minimum Gasteiger partial charge on any atom is -0.481 e. The van der Waals surface area contributed by atoms with Crippen molar-refractivity contribution in [2.45, 2.75) is 40.0 Å². The van der Waals surface area contributed by atoms with Gasteiger partial charge in [0, 0.05) is 13.0 Å². The summed E-state index contributed by atoms with van der Waals surface area (Å²) in [6, 6.07) is 6.02. The number of benzene rings is 1. The van der Waals surface area contributed by atoms with E-state index in [1.54, 1.807) is 32.9 Å². The first-order valence-corrected chi connectivity index (χ1v) is 7.20. The van der Waals surface area contributed by atoms with Crippen molar-refractivity contribution in [3.63, 3.8) is 0 Å². The zero-order valence-electron chi connectivity index (χ0n) is 12.7. The van der Waals surface area contributed by atoms with Crippen molar-refractivity contribution in [1.82, 2.24) is 0 Å². The van der Waals surface area contributed by atoms with Gasteiger partial charge in [-0.2, -0.15) is 0 Å². The number of carboxylic acids is 1. The third-order valence-electron chi connectivity index (χ3n) is 4.06. The van der Waals surface area contributed by atoms with Crippen LogP contribution in [0.5, 0.6) is 0 Å². The van der Waals surface area contributed by atoms with Gasteiger partial charge in [0.1, 0.15) is 5.82 Å². The summed E-state index contributed by atoms with van der Waals surface area (Å²) in [6.07, 6.45) is 0.594. The van der Waals surface area contributed by atoms with Crippen LogP contribution < -0.4 is 4.90 Å². The van der Waals surface area contributed by atoms with Crippen LogP contribution in [0.3, 0.4) is 0 Å². The van der Waals surface area contributed by atoms with Crippen LogP contribution in [-0.2, 0) is 9.59 Å². The van der Waals surface area contributed by atoms with Crippen LogP contribution in [0.25, 0.3) is 0 Å². The quantitative estimate of drug-likeness (QED) is 0.838. The molecule has 1 aromatic rings. The summed E-state index contributed by atoms with van der Waals surface area (Å²) in [7, 11) is 0. The zero-order chi connectivity index (χ0) is 16.0. The van der Waals surface area contributed by atoms with Crippen molar-refractivity contribution in [2.75, 3.05) is 11.4 Å². The number of amides is 1. The number of rotatable bonds is 7. The molecule has 0 spiro atoms. The van der Waals surface area contributed by atoms with E-state index in [9.17, 15) is 19.1 Å². The highest BCUT2D eigenvalue weighted by atomic mass is 19.1. The minimum atomic E-state index is -1.09. The van der Waals surface area contributed by atoms with Crippen molar-refractivity contribution in [1.29, 1.82) is 0 Å². The summed E-state index contributed by atoms with van der Waals surface area (Å²) in [5.41, 5.74) is -0.896. The second-order valence-corrected chi connectivity index (χ2v) is 5.06. The molecule has 0 saturated heterocycles. The van der Waals surface area contributed by atoms with Gasteiger partial charge >= 0.3 is 5.97 Å².